The Labute approximate surface area is 184 Å². The van der Waals surface area contributed by atoms with Crippen molar-refractivity contribution in [1.29, 1.82) is 0 Å². The monoisotopic (exact) mass is 437 g/mol. The smallest absolute Gasteiger partial charge is 0.325 e. The first-order chi connectivity index (χ1) is 15.5. The fraction of sp³-hybridized carbons (Fsp3) is 0.348. The third kappa shape index (κ3) is 3.21. The van der Waals surface area contributed by atoms with E-state index in [9.17, 15) is 14.4 Å². The van der Waals surface area contributed by atoms with E-state index >= 15 is 0 Å². The van der Waals surface area contributed by atoms with Crippen LogP contribution in [0.2, 0.25) is 0 Å². The second-order valence-electron chi connectivity index (χ2n) is 7.92. The lowest BCUT2D eigenvalue weighted by Crippen LogP contribution is -2.48. The quantitative estimate of drug-likeness (QED) is 0.719. The second kappa shape index (κ2) is 7.74. The van der Waals surface area contributed by atoms with Crippen LogP contribution in [0.1, 0.15) is 24.5 Å². The lowest BCUT2D eigenvalue weighted by Gasteiger charge is -2.33. The van der Waals surface area contributed by atoms with Crippen LogP contribution in [-0.4, -0.2) is 54.1 Å². The minimum absolute atomic E-state index is 0.178. The van der Waals surface area contributed by atoms with Gasteiger partial charge in [-0.15, -0.1) is 0 Å². The molecule has 1 N–H and O–H groups in total. The van der Waals surface area contributed by atoms with E-state index in [2.05, 4.69) is 5.32 Å². The summed E-state index contributed by atoms with van der Waals surface area (Å²) < 4.78 is 16.4. The first-order valence-electron chi connectivity index (χ1n) is 10.5. The number of benzene rings is 2. The molecule has 3 aliphatic heterocycles. The molecule has 0 radical (unpaired) electrons. The molecule has 1 fully saturated rings. The fourth-order valence-electron chi connectivity index (χ4n) is 4.39. The average molecular weight is 437 g/mol. The number of hydrogen-bond donors (Lipinski definition) is 1. The number of nitrogens with zero attached hydrogens (tertiary/aromatic N) is 2. The van der Waals surface area contributed by atoms with Crippen LogP contribution >= 0.6 is 0 Å². The number of urea groups is 1. The van der Waals surface area contributed by atoms with Crippen molar-refractivity contribution in [3.63, 3.8) is 0 Å². The Bertz CT molecular complexity index is 1100. The van der Waals surface area contributed by atoms with Gasteiger partial charge >= 0.3 is 6.03 Å². The van der Waals surface area contributed by atoms with Gasteiger partial charge in [0.25, 0.3) is 5.91 Å². The van der Waals surface area contributed by atoms with Crippen LogP contribution in [0.5, 0.6) is 17.2 Å². The van der Waals surface area contributed by atoms with Gasteiger partial charge in [-0.1, -0.05) is 24.3 Å². The summed E-state index contributed by atoms with van der Waals surface area (Å²) in [6.07, 6.45) is 0.313. The molecular weight excluding hydrogens is 414 g/mol. The van der Waals surface area contributed by atoms with Crippen LogP contribution in [0.25, 0.3) is 0 Å². The van der Waals surface area contributed by atoms with Crippen molar-refractivity contribution in [3.8, 4) is 17.2 Å². The Morgan fingerprint density at radius 3 is 2.75 bits per heavy atom. The Morgan fingerprint density at radius 2 is 1.91 bits per heavy atom. The van der Waals surface area contributed by atoms with Gasteiger partial charge in [-0.3, -0.25) is 14.5 Å². The van der Waals surface area contributed by atoms with Crippen LogP contribution in [0.4, 0.5) is 4.79 Å². The molecule has 4 amide bonds. The zero-order chi connectivity index (χ0) is 22.3. The summed E-state index contributed by atoms with van der Waals surface area (Å²) in [6.45, 7) is 2.77. The highest BCUT2D eigenvalue weighted by molar-refractivity contribution is 6.09. The van der Waals surface area contributed by atoms with Gasteiger partial charge in [0.2, 0.25) is 12.7 Å². The van der Waals surface area contributed by atoms with E-state index in [4.69, 9.17) is 14.2 Å². The van der Waals surface area contributed by atoms with E-state index in [1.807, 2.05) is 25.1 Å². The number of carbonyl (C=O) groups is 3. The van der Waals surface area contributed by atoms with Crippen molar-refractivity contribution in [2.75, 3.05) is 26.5 Å². The van der Waals surface area contributed by atoms with Crippen molar-refractivity contribution in [2.45, 2.75) is 25.4 Å². The number of amides is 4. The minimum atomic E-state index is -1.19. The number of rotatable bonds is 5. The summed E-state index contributed by atoms with van der Waals surface area (Å²) in [5, 5.41) is 2.82. The first-order valence-corrected chi connectivity index (χ1v) is 10.5. The molecule has 1 unspecified atom stereocenters. The van der Waals surface area contributed by atoms with Gasteiger partial charge in [-0.2, -0.15) is 0 Å². The number of ether oxygens (including phenoxy) is 3. The van der Waals surface area contributed by atoms with E-state index in [0.717, 1.165) is 10.5 Å². The Morgan fingerprint density at radius 1 is 1.09 bits per heavy atom. The van der Waals surface area contributed by atoms with Gasteiger partial charge in [0.15, 0.2) is 17.0 Å². The summed E-state index contributed by atoms with van der Waals surface area (Å²) in [5.41, 5.74) is 0.296. The maximum atomic E-state index is 13.4. The third-order valence-corrected chi connectivity index (χ3v) is 6.10. The van der Waals surface area contributed by atoms with Crippen molar-refractivity contribution in [3.05, 3.63) is 53.6 Å². The molecule has 0 aromatic heterocycles. The maximum Gasteiger partial charge on any atom is 0.325 e. The number of likely N-dealkylation sites (N-methyl/N-ethyl adjacent to an activating group) is 1. The summed E-state index contributed by atoms with van der Waals surface area (Å²) in [7, 11) is 0. The number of hydrogen-bond acceptors (Lipinski definition) is 6. The number of nitrogens with one attached hydrogen (secondary N) is 1. The van der Waals surface area contributed by atoms with Gasteiger partial charge in [0.05, 0.1) is 6.61 Å². The Balaban J connectivity index is 1.33. The molecule has 166 valence electrons. The highest BCUT2D eigenvalue weighted by Gasteiger charge is 2.55. The average Bonchev–Trinajstić information content (AvgIpc) is 3.36. The molecule has 1 saturated heterocycles. The van der Waals surface area contributed by atoms with E-state index < -0.39 is 17.5 Å². The fourth-order valence-corrected chi connectivity index (χ4v) is 4.39. The summed E-state index contributed by atoms with van der Waals surface area (Å²) in [5.74, 6) is 1.14. The molecule has 3 aliphatic rings. The molecule has 0 saturated carbocycles. The van der Waals surface area contributed by atoms with E-state index in [1.165, 1.54) is 0 Å². The highest BCUT2D eigenvalue weighted by Crippen LogP contribution is 2.41. The molecule has 0 aliphatic carbocycles. The summed E-state index contributed by atoms with van der Waals surface area (Å²) >= 11 is 0. The minimum Gasteiger partial charge on any atom is -0.493 e. The van der Waals surface area contributed by atoms with E-state index in [1.54, 1.807) is 29.2 Å². The van der Waals surface area contributed by atoms with Gasteiger partial charge < -0.3 is 24.4 Å². The predicted molar refractivity (Wildman–Crippen MR) is 112 cm³/mol. The largest absolute Gasteiger partial charge is 0.493 e. The summed E-state index contributed by atoms with van der Waals surface area (Å²) in [4.78, 5) is 41.8. The topological polar surface area (TPSA) is 97.4 Å². The van der Waals surface area contributed by atoms with Crippen LogP contribution in [0, 0.1) is 0 Å². The van der Waals surface area contributed by atoms with E-state index in [0.29, 0.717) is 48.9 Å². The molecule has 5 rings (SSSR count). The molecule has 1 atom stereocenters. The molecule has 9 nitrogen and oxygen atoms in total. The molecular formula is C23H23N3O6. The van der Waals surface area contributed by atoms with Crippen molar-refractivity contribution in [1.82, 2.24) is 15.1 Å². The van der Waals surface area contributed by atoms with Gasteiger partial charge in [-0.05, 0) is 30.7 Å². The van der Waals surface area contributed by atoms with Crippen LogP contribution in [0.3, 0.4) is 0 Å². The highest BCUT2D eigenvalue weighted by atomic mass is 16.7. The van der Waals surface area contributed by atoms with Crippen LogP contribution in [0.15, 0.2) is 42.5 Å². The van der Waals surface area contributed by atoms with Crippen molar-refractivity contribution < 1.29 is 28.6 Å². The number of imide groups is 1. The normalized spacial score (nSPS) is 20.7. The SMILES string of the molecule is CCN(Cc1ccc2c(c1)OCO2)C(=O)CN1C(=O)NC2(CCOc3ccccc32)C1=O. The lowest BCUT2D eigenvalue weighted by molar-refractivity contribution is -0.140. The number of carbonyl (C=O) groups excluding carboxylic acids is 3. The molecule has 2 aromatic rings. The van der Waals surface area contributed by atoms with Crippen molar-refractivity contribution in [2.24, 2.45) is 0 Å². The zero-order valence-corrected chi connectivity index (χ0v) is 17.6. The maximum absolute atomic E-state index is 13.4. The van der Waals surface area contributed by atoms with Crippen molar-refractivity contribution >= 4 is 17.8 Å². The predicted octanol–water partition coefficient (Wildman–Crippen LogP) is 1.99. The van der Waals surface area contributed by atoms with Gasteiger partial charge in [0.1, 0.15) is 12.3 Å². The third-order valence-electron chi connectivity index (χ3n) is 6.10. The Kier molecular flexibility index (Phi) is 4.88. The number of fused-ring (bicyclic) bond motifs is 3. The lowest BCUT2D eigenvalue weighted by atomic mass is 9.84. The van der Waals surface area contributed by atoms with E-state index in [-0.39, 0.29) is 19.2 Å². The van der Waals surface area contributed by atoms with Crippen LogP contribution in [-0.2, 0) is 21.7 Å². The zero-order valence-electron chi connectivity index (χ0n) is 17.6. The second-order valence-corrected chi connectivity index (χ2v) is 7.92. The van der Waals surface area contributed by atoms with Gasteiger partial charge in [0, 0.05) is 25.1 Å². The molecule has 32 heavy (non-hydrogen) atoms. The molecule has 2 aromatic carbocycles. The molecule has 9 heteroatoms. The number of para-hydroxylation sites is 1. The first kappa shape index (κ1) is 20.2. The van der Waals surface area contributed by atoms with Crippen LogP contribution < -0.4 is 19.5 Å². The van der Waals surface area contributed by atoms with Gasteiger partial charge in [-0.25, -0.2) is 4.79 Å². The molecule has 0 bridgehead atoms. The standard InChI is InChI=1S/C23H23N3O6/c1-2-25(12-15-7-8-18-19(11-15)32-14-31-18)20(27)13-26-21(28)23(24-22(26)29)9-10-30-17-6-4-3-5-16(17)23/h3-8,11H,2,9-10,12-14H2,1H3,(H,24,29). The molecule has 3 heterocycles. The molecule has 1 spiro atoms. The Hall–Kier alpha value is -3.75. The summed E-state index contributed by atoms with van der Waals surface area (Å²) in [6, 6.07) is 12.1.